The number of carbonyl (C=O) groups is 1. The summed E-state index contributed by atoms with van der Waals surface area (Å²) < 4.78 is 5.65. The number of likely N-dealkylation sites (tertiary alicyclic amines) is 1. The van der Waals surface area contributed by atoms with E-state index in [1.54, 1.807) is 0 Å². The molecule has 1 aromatic carbocycles. The van der Waals surface area contributed by atoms with Crippen LogP contribution in [0.25, 0.3) is 0 Å². The minimum Gasteiger partial charge on any atom is -0.494 e. The van der Waals surface area contributed by atoms with Crippen LogP contribution in [0.5, 0.6) is 5.75 Å². The van der Waals surface area contributed by atoms with Crippen molar-refractivity contribution in [3.8, 4) is 5.75 Å². The highest BCUT2D eigenvalue weighted by atomic mass is 35.5. The van der Waals surface area contributed by atoms with Gasteiger partial charge < -0.3 is 15.4 Å². The lowest BCUT2D eigenvalue weighted by molar-refractivity contribution is -0.132. The molecule has 0 radical (unpaired) electrons. The van der Waals surface area contributed by atoms with E-state index in [1.807, 2.05) is 30.0 Å². The molecule has 1 fully saturated rings. The van der Waals surface area contributed by atoms with Gasteiger partial charge in [-0.3, -0.25) is 4.79 Å². The van der Waals surface area contributed by atoms with Crippen LogP contribution < -0.4 is 10.5 Å². The number of piperidine rings is 1. The van der Waals surface area contributed by atoms with Gasteiger partial charge in [0, 0.05) is 30.6 Å². The summed E-state index contributed by atoms with van der Waals surface area (Å²) in [7, 11) is 0. The fourth-order valence-electron chi connectivity index (χ4n) is 2.52. The highest BCUT2D eigenvalue weighted by molar-refractivity contribution is 6.31. The smallest absolute Gasteiger partial charge is 0.222 e. The number of nitrogens with zero attached hydrogens (tertiary/aromatic N) is 1. The van der Waals surface area contributed by atoms with Crippen molar-refractivity contribution in [3.05, 3.63) is 28.8 Å². The van der Waals surface area contributed by atoms with Gasteiger partial charge >= 0.3 is 0 Å². The summed E-state index contributed by atoms with van der Waals surface area (Å²) in [6.07, 6.45) is 3.25. The lowest BCUT2D eigenvalue weighted by atomic mass is 10.1. The second-order valence-electron chi connectivity index (χ2n) is 5.61. The van der Waals surface area contributed by atoms with E-state index in [9.17, 15) is 4.79 Å². The average Bonchev–Trinajstić information content (AvgIpc) is 2.47. The maximum Gasteiger partial charge on any atom is 0.222 e. The molecule has 0 saturated carbocycles. The zero-order chi connectivity index (χ0) is 15.2. The van der Waals surface area contributed by atoms with Crippen LogP contribution in [-0.2, 0) is 4.79 Å². The molecule has 5 heteroatoms. The number of nitrogens with two attached hydrogens (primary N) is 1. The zero-order valence-electron chi connectivity index (χ0n) is 12.5. The Kier molecular flexibility index (Phi) is 5.88. The van der Waals surface area contributed by atoms with Gasteiger partial charge in [0.25, 0.3) is 0 Å². The van der Waals surface area contributed by atoms with Crippen LogP contribution in [0.15, 0.2) is 18.2 Å². The van der Waals surface area contributed by atoms with Crippen LogP contribution in [0.2, 0.25) is 5.02 Å². The Bertz CT molecular complexity index is 493. The maximum absolute atomic E-state index is 12.1. The third-order valence-electron chi connectivity index (χ3n) is 3.74. The van der Waals surface area contributed by atoms with E-state index in [1.165, 1.54) is 0 Å². The molecule has 1 aromatic rings. The zero-order valence-corrected chi connectivity index (χ0v) is 13.2. The van der Waals surface area contributed by atoms with Gasteiger partial charge in [-0.15, -0.1) is 0 Å². The maximum atomic E-state index is 12.1. The number of carbonyl (C=O) groups excluding carboxylic acids is 1. The van der Waals surface area contributed by atoms with Gasteiger partial charge in [0.1, 0.15) is 5.75 Å². The number of hydrogen-bond donors (Lipinski definition) is 1. The summed E-state index contributed by atoms with van der Waals surface area (Å²) in [5.74, 6) is 0.977. The topological polar surface area (TPSA) is 55.6 Å². The monoisotopic (exact) mass is 310 g/mol. The van der Waals surface area contributed by atoms with Crippen molar-refractivity contribution < 1.29 is 9.53 Å². The van der Waals surface area contributed by atoms with E-state index in [0.717, 1.165) is 35.7 Å². The number of aryl methyl sites for hydroxylation is 1. The van der Waals surface area contributed by atoms with Crippen molar-refractivity contribution in [1.29, 1.82) is 0 Å². The highest BCUT2D eigenvalue weighted by Crippen LogP contribution is 2.21. The molecule has 0 aromatic heterocycles. The lowest BCUT2D eigenvalue weighted by Crippen LogP contribution is -2.45. The predicted octanol–water partition coefficient (Wildman–Crippen LogP) is 2.76. The molecule has 1 heterocycles. The first-order chi connectivity index (χ1) is 10.1. The summed E-state index contributed by atoms with van der Waals surface area (Å²) in [5, 5.41) is 0.735. The third kappa shape index (κ3) is 4.90. The van der Waals surface area contributed by atoms with Crippen LogP contribution in [0.1, 0.15) is 31.2 Å². The van der Waals surface area contributed by atoms with Crippen LogP contribution in [0, 0.1) is 6.92 Å². The first-order valence-electron chi connectivity index (χ1n) is 7.48. The minimum atomic E-state index is 0.135. The van der Waals surface area contributed by atoms with Crippen molar-refractivity contribution in [1.82, 2.24) is 4.90 Å². The minimum absolute atomic E-state index is 0.135. The first kappa shape index (κ1) is 16.1. The largest absolute Gasteiger partial charge is 0.494 e. The van der Waals surface area contributed by atoms with E-state index < -0.39 is 0 Å². The molecule has 1 atom stereocenters. The number of benzene rings is 1. The van der Waals surface area contributed by atoms with Gasteiger partial charge in [0.15, 0.2) is 0 Å². The third-order valence-corrected chi connectivity index (χ3v) is 4.17. The molecule has 0 spiro atoms. The summed E-state index contributed by atoms with van der Waals surface area (Å²) >= 11 is 5.97. The van der Waals surface area contributed by atoms with Gasteiger partial charge in [-0.05, 0) is 49.9 Å². The fourth-order valence-corrected chi connectivity index (χ4v) is 2.63. The lowest BCUT2D eigenvalue weighted by Gasteiger charge is -2.30. The van der Waals surface area contributed by atoms with Gasteiger partial charge in [0.2, 0.25) is 5.91 Å². The van der Waals surface area contributed by atoms with Gasteiger partial charge in [-0.2, -0.15) is 0 Å². The molecule has 1 aliphatic rings. The van der Waals surface area contributed by atoms with E-state index >= 15 is 0 Å². The summed E-state index contributed by atoms with van der Waals surface area (Å²) in [4.78, 5) is 13.9. The van der Waals surface area contributed by atoms with E-state index in [4.69, 9.17) is 22.1 Å². The average molecular weight is 311 g/mol. The van der Waals surface area contributed by atoms with Crippen LogP contribution in [-0.4, -0.2) is 36.5 Å². The Labute approximate surface area is 131 Å². The van der Waals surface area contributed by atoms with Gasteiger partial charge in [-0.1, -0.05) is 11.6 Å². The number of hydrogen-bond acceptors (Lipinski definition) is 3. The Hall–Kier alpha value is -1.26. The van der Waals surface area contributed by atoms with Crippen molar-refractivity contribution in [2.45, 2.75) is 38.6 Å². The fraction of sp³-hybridized carbons (Fsp3) is 0.562. The predicted molar refractivity (Wildman–Crippen MR) is 84.7 cm³/mol. The molecule has 1 aliphatic heterocycles. The van der Waals surface area contributed by atoms with Crippen molar-refractivity contribution in [3.63, 3.8) is 0 Å². The van der Waals surface area contributed by atoms with Crippen LogP contribution in [0.3, 0.4) is 0 Å². The first-order valence-corrected chi connectivity index (χ1v) is 7.86. The number of rotatable bonds is 5. The molecule has 1 saturated heterocycles. The summed E-state index contributed by atoms with van der Waals surface area (Å²) in [6.45, 7) is 4.00. The normalized spacial score (nSPS) is 18.6. The Morgan fingerprint density at radius 1 is 1.52 bits per heavy atom. The quantitative estimate of drug-likeness (QED) is 0.851. The van der Waals surface area contributed by atoms with Crippen LogP contribution in [0.4, 0.5) is 0 Å². The standard InChI is InChI=1S/C16H23ClN2O2/c1-12-10-14(6-7-15(12)17)21-9-3-5-16(20)19-8-2-4-13(18)11-19/h6-7,10,13H,2-5,8-9,11,18H2,1H3. The molecule has 2 N–H and O–H groups in total. The SMILES string of the molecule is Cc1cc(OCCCC(=O)N2CCCC(N)C2)ccc1Cl. The molecule has 21 heavy (non-hydrogen) atoms. The molecule has 1 unspecified atom stereocenters. The molecular formula is C16H23ClN2O2. The molecule has 1 amide bonds. The number of ether oxygens (including phenoxy) is 1. The van der Waals surface area contributed by atoms with Gasteiger partial charge in [0.05, 0.1) is 6.61 Å². The van der Waals surface area contributed by atoms with Crippen LogP contribution >= 0.6 is 11.6 Å². The molecule has 0 aliphatic carbocycles. The molecule has 0 bridgehead atoms. The number of amides is 1. The summed E-state index contributed by atoms with van der Waals surface area (Å²) in [5.41, 5.74) is 6.88. The summed E-state index contributed by atoms with van der Waals surface area (Å²) in [6, 6.07) is 5.72. The van der Waals surface area contributed by atoms with E-state index in [2.05, 4.69) is 0 Å². The Morgan fingerprint density at radius 2 is 2.33 bits per heavy atom. The number of halogens is 1. The van der Waals surface area contributed by atoms with Crippen molar-refractivity contribution in [2.24, 2.45) is 5.73 Å². The molecule has 2 rings (SSSR count). The Morgan fingerprint density at radius 3 is 3.05 bits per heavy atom. The molecular weight excluding hydrogens is 288 g/mol. The van der Waals surface area contributed by atoms with Crippen molar-refractivity contribution in [2.75, 3.05) is 19.7 Å². The van der Waals surface area contributed by atoms with E-state index in [-0.39, 0.29) is 11.9 Å². The Balaban J connectivity index is 1.69. The second-order valence-corrected chi connectivity index (χ2v) is 6.01. The second kappa shape index (κ2) is 7.66. The van der Waals surface area contributed by atoms with Gasteiger partial charge in [-0.25, -0.2) is 0 Å². The molecule has 116 valence electrons. The van der Waals surface area contributed by atoms with E-state index in [0.29, 0.717) is 26.0 Å². The molecule has 4 nitrogen and oxygen atoms in total. The highest BCUT2D eigenvalue weighted by Gasteiger charge is 2.20. The van der Waals surface area contributed by atoms with Crippen molar-refractivity contribution >= 4 is 17.5 Å².